The van der Waals surface area contributed by atoms with Gasteiger partial charge in [-0.25, -0.2) is 4.68 Å². The lowest BCUT2D eigenvalue weighted by Gasteiger charge is -2.35. The predicted molar refractivity (Wildman–Crippen MR) is 99.6 cm³/mol. The number of hydrogen-bond donors (Lipinski definition) is 0. The molecule has 0 radical (unpaired) electrons. The van der Waals surface area contributed by atoms with Crippen molar-refractivity contribution >= 4 is 11.7 Å². The van der Waals surface area contributed by atoms with Gasteiger partial charge in [0.25, 0.3) is 0 Å². The van der Waals surface area contributed by atoms with Gasteiger partial charge in [-0.05, 0) is 38.1 Å². The SMILES string of the molecule is Cc1cc(C)n(-c2ccc(N3CCN(C(=O)Cn4cccn4)CC3)nn2)n1. The number of anilines is 1. The third-order valence-electron chi connectivity index (χ3n) is 4.68. The lowest BCUT2D eigenvalue weighted by atomic mass is 10.3. The molecule has 0 spiro atoms. The highest BCUT2D eigenvalue weighted by Crippen LogP contribution is 2.15. The van der Waals surface area contributed by atoms with Gasteiger partial charge in [0.15, 0.2) is 11.6 Å². The fourth-order valence-corrected chi connectivity index (χ4v) is 3.28. The molecule has 1 aliphatic heterocycles. The van der Waals surface area contributed by atoms with Crippen molar-refractivity contribution in [2.45, 2.75) is 20.4 Å². The summed E-state index contributed by atoms with van der Waals surface area (Å²) in [4.78, 5) is 16.4. The van der Waals surface area contributed by atoms with Crippen LogP contribution in [-0.2, 0) is 11.3 Å². The predicted octanol–water partition coefficient (Wildman–Crippen LogP) is 0.824. The Morgan fingerprint density at radius 3 is 2.41 bits per heavy atom. The number of rotatable bonds is 4. The number of aromatic nitrogens is 6. The Bertz CT molecular complexity index is 908. The van der Waals surface area contributed by atoms with E-state index in [4.69, 9.17) is 0 Å². The zero-order valence-electron chi connectivity index (χ0n) is 15.5. The van der Waals surface area contributed by atoms with Gasteiger partial charge in [0, 0.05) is 44.3 Å². The van der Waals surface area contributed by atoms with Gasteiger partial charge in [0.2, 0.25) is 5.91 Å². The summed E-state index contributed by atoms with van der Waals surface area (Å²) in [5.41, 5.74) is 1.98. The van der Waals surface area contributed by atoms with Crippen LogP contribution in [0, 0.1) is 13.8 Å². The molecule has 0 unspecified atom stereocenters. The van der Waals surface area contributed by atoms with Gasteiger partial charge < -0.3 is 9.80 Å². The molecule has 9 heteroatoms. The van der Waals surface area contributed by atoms with Crippen LogP contribution < -0.4 is 4.90 Å². The number of carbonyl (C=O) groups excluding carboxylic acids is 1. The maximum absolute atomic E-state index is 12.4. The molecule has 0 saturated carbocycles. The van der Waals surface area contributed by atoms with Crippen molar-refractivity contribution in [2.75, 3.05) is 31.1 Å². The Morgan fingerprint density at radius 1 is 1.07 bits per heavy atom. The first-order chi connectivity index (χ1) is 13.1. The lowest BCUT2D eigenvalue weighted by molar-refractivity contribution is -0.132. The van der Waals surface area contributed by atoms with Gasteiger partial charge in [-0.2, -0.15) is 10.2 Å². The summed E-state index contributed by atoms with van der Waals surface area (Å²) >= 11 is 0. The van der Waals surface area contributed by atoms with Crippen molar-refractivity contribution in [2.24, 2.45) is 0 Å². The average molecular weight is 366 g/mol. The molecule has 3 aromatic heterocycles. The van der Waals surface area contributed by atoms with E-state index >= 15 is 0 Å². The summed E-state index contributed by atoms with van der Waals surface area (Å²) in [6.45, 7) is 7.04. The molecule has 1 aliphatic rings. The van der Waals surface area contributed by atoms with Gasteiger partial charge in [-0.1, -0.05) is 0 Å². The molecule has 9 nitrogen and oxygen atoms in total. The highest BCUT2D eigenvalue weighted by Gasteiger charge is 2.22. The fourth-order valence-electron chi connectivity index (χ4n) is 3.28. The molecule has 4 heterocycles. The molecule has 0 N–H and O–H groups in total. The first-order valence-corrected chi connectivity index (χ1v) is 8.98. The lowest BCUT2D eigenvalue weighted by Crippen LogP contribution is -2.50. The molecule has 1 saturated heterocycles. The van der Waals surface area contributed by atoms with Crippen LogP contribution in [0.25, 0.3) is 5.82 Å². The van der Waals surface area contributed by atoms with Crippen LogP contribution in [0.2, 0.25) is 0 Å². The van der Waals surface area contributed by atoms with Crippen LogP contribution in [0.15, 0.2) is 36.7 Å². The minimum atomic E-state index is 0.0873. The molecule has 1 amide bonds. The van der Waals surface area contributed by atoms with E-state index in [0.29, 0.717) is 18.9 Å². The first-order valence-electron chi connectivity index (χ1n) is 8.98. The van der Waals surface area contributed by atoms with Crippen LogP contribution >= 0.6 is 0 Å². The summed E-state index contributed by atoms with van der Waals surface area (Å²) in [7, 11) is 0. The van der Waals surface area contributed by atoms with E-state index in [-0.39, 0.29) is 12.5 Å². The minimum absolute atomic E-state index is 0.0873. The molecule has 3 aromatic rings. The van der Waals surface area contributed by atoms with Crippen molar-refractivity contribution < 1.29 is 4.79 Å². The molecule has 0 aromatic carbocycles. The van der Waals surface area contributed by atoms with Gasteiger partial charge in [-0.15, -0.1) is 10.2 Å². The highest BCUT2D eigenvalue weighted by atomic mass is 16.2. The summed E-state index contributed by atoms with van der Waals surface area (Å²) in [6.07, 6.45) is 3.48. The maximum atomic E-state index is 12.4. The van der Waals surface area contributed by atoms with Gasteiger partial charge in [0.1, 0.15) is 6.54 Å². The van der Waals surface area contributed by atoms with E-state index in [2.05, 4.69) is 25.3 Å². The monoisotopic (exact) mass is 366 g/mol. The van der Waals surface area contributed by atoms with Gasteiger partial charge in [0.05, 0.1) is 5.69 Å². The highest BCUT2D eigenvalue weighted by molar-refractivity contribution is 5.76. The Hall–Kier alpha value is -3.23. The summed E-state index contributed by atoms with van der Waals surface area (Å²) in [5.74, 6) is 1.61. The normalized spacial score (nSPS) is 14.6. The molecule has 27 heavy (non-hydrogen) atoms. The molecule has 1 fully saturated rings. The van der Waals surface area contributed by atoms with Crippen LogP contribution in [0.1, 0.15) is 11.4 Å². The third kappa shape index (κ3) is 3.67. The summed E-state index contributed by atoms with van der Waals surface area (Å²) in [5, 5.41) is 17.2. The standard InChI is InChI=1S/C18H22N8O/c1-14-12-15(2)26(22-14)17-5-4-16(20-21-17)23-8-10-24(11-9-23)18(27)13-25-7-3-6-19-25/h3-7,12H,8-11,13H2,1-2H3. The summed E-state index contributed by atoms with van der Waals surface area (Å²) in [6, 6.07) is 7.71. The molecule has 0 atom stereocenters. The molecule has 0 aliphatic carbocycles. The summed E-state index contributed by atoms with van der Waals surface area (Å²) < 4.78 is 3.44. The number of carbonyl (C=O) groups is 1. The maximum Gasteiger partial charge on any atom is 0.244 e. The third-order valence-corrected chi connectivity index (χ3v) is 4.68. The zero-order valence-corrected chi connectivity index (χ0v) is 15.5. The van der Waals surface area contributed by atoms with E-state index < -0.39 is 0 Å². The second-order valence-corrected chi connectivity index (χ2v) is 6.66. The second-order valence-electron chi connectivity index (χ2n) is 6.66. The van der Waals surface area contributed by atoms with Crippen molar-refractivity contribution in [1.82, 2.24) is 34.7 Å². The smallest absolute Gasteiger partial charge is 0.244 e. The van der Waals surface area contributed by atoms with E-state index in [1.807, 2.05) is 43.0 Å². The number of amides is 1. The first kappa shape index (κ1) is 17.2. The number of hydrogen-bond acceptors (Lipinski definition) is 6. The van der Waals surface area contributed by atoms with Crippen molar-refractivity contribution in [1.29, 1.82) is 0 Å². The fraction of sp³-hybridized carbons (Fsp3) is 0.389. The Balaban J connectivity index is 1.37. The van der Waals surface area contributed by atoms with Crippen molar-refractivity contribution in [3.05, 3.63) is 48.0 Å². The molecular formula is C18H22N8O. The van der Waals surface area contributed by atoms with Crippen LogP contribution in [0.5, 0.6) is 0 Å². The molecule has 0 bridgehead atoms. The second kappa shape index (κ2) is 7.18. The van der Waals surface area contributed by atoms with Crippen LogP contribution in [0.3, 0.4) is 0 Å². The Kier molecular flexibility index (Phi) is 4.57. The topological polar surface area (TPSA) is 85.0 Å². The largest absolute Gasteiger partial charge is 0.352 e. The average Bonchev–Trinajstić information content (AvgIpc) is 3.31. The minimum Gasteiger partial charge on any atom is -0.352 e. The van der Waals surface area contributed by atoms with E-state index in [1.54, 1.807) is 21.8 Å². The quantitative estimate of drug-likeness (QED) is 0.680. The van der Waals surface area contributed by atoms with E-state index in [9.17, 15) is 4.79 Å². The van der Waals surface area contributed by atoms with Crippen LogP contribution in [0.4, 0.5) is 5.82 Å². The van der Waals surface area contributed by atoms with Crippen molar-refractivity contribution in [3.63, 3.8) is 0 Å². The molecule has 140 valence electrons. The Morgan fingerprint density at radius 2 is 1.81 bits per heavy atom. The van der Waals surface area contributed by atoms with Crippen molar-refractivity contribution in [3.8, 4) is 5.82 Å². The number of nitrogens with zero attached hydrogens (tertiary/aromatic N) is 8. The van der Waals surface area contributed by atoms with Gasteiger partial charge >= 0.3 is 0 Å². The Labute approximate surface area is 157 Å². The number of aryl methyl sites for hydroxylation is 2. The molecule has 4 rings (SSSR count). The van der Waals surface area contributed by atoms with E-state index in [0.717, 1.165) is 30.3 Å². The van der Waals surface area contributed by atoms with E-state index in [1.165, 1.54) is 0 Å². The number of piperazine rings is 1. The van der Waals surface area contributed by atoms with Crippen LogP contribution in [-0.4, -0.2) is 66.7 Å². The zero-order chi connectivity index (χ0) is 18.8. The molecular weight excluding hydrogens is 344 g/mol. The van der Waals surface area contributed by atoms with Gasteiger partial charge in [-0.3, -0.25) is 9.48 Å².